The summed E-state index contributed by atoms with van der Waals surface area (Å²) in [6.07, 6.45) is -2.70. The molecule has 0 amide bonds. The van der Waals surface area contributed by atoms with E-state index >= 15 is 0 Å². The number of sulfone groups is 1. The van der Waals surface area contributed by atoms with Crippen LogP contribution in [0.1, 0.15) is 38.7 Å². The summed E-state index contributed by atoms with van der Waals surface area (Å²) in [4.78, 5) is -1.82. The van der Waals surface area contributed by atoms with Crippen molar-refractivity contribution in [3.05, 3.63) is 29.8 Å². The van der Waals surface area contributed by atoms with E-state index in [2.05, 4.69) is 0 Å². The molecular formula is C15H19F3O3S. The Hall–Kier alpha value is -1.08. The third kappa shape index (κ3) is 3.15. The minimum absolute atomic E-state index is 0.194. The first-order chi connectivity index (χ1) is 10.1. The van der Waals surface area contributed by atoms with Crippen LogP contribution in [0, 0.1) is 5.92 Å². The summed E-state index contributed by atoms with van der Waals surface area (Å²) in [7, 11) is -4.01. The number of benzene rings is 1. The Balaban J connectivity index is 2.42. The van der Waals surface area contributed by atoms with Crippen molar-refractivity contribution in [1.82, 2.24) is 0 Å². The molecule has 0 N–H and O–H groups in total. The second-order valence-electron chi connectivity index (χ2n) is 5.78. The summed E-state index contributed by atoms with van der Waals surface area (Å²) < 4.78 is 69.3. The van der Waals surface area contributed by atoms with Crippen molar-refractivity contribution in [2.24, 2.45) is 5.92 Å². The second kappa shape index (κ2) is 5.85. The predicted molar refractivity (Wildman–Crippen MR) is 76.0 cm³/mol. The molecule has 2 rings (SSSR count). The quantitative estimate of drug-likeness (QED) is 0.837. The molecule has 0 bridgehead atoms. The van der Waals surface area contributed by atoms with Crippen LogP contribution in [0.5, 0.6) is 0 Å². The van der Waals surface area contributed by atoms with Crippen molar-refractivity contribution in [2.45, 2.75) is 49.1 Å². The van der Waals surface area contributed by atoms with Crippen molar-refractivity contribution in [3.8, 4) is 0 Å². The van der Waals surface area contributed by atoms with Crippen LogP contribution in [0.15, 0.2) is 29.2 Å². The van der Waals surface area contributed by atoms with Crippen molar-refractivity contribution in [1.29, 1.82) is 0 Å². The molecule has 0 aliphatic carbocycles. The molecule has 1 aromatic carbocycles. The summed E-state index contributed by atoms with van der Waals surface area (Å²) in [5.41, 5.74) is -0.972. The first-order valence-electron chi connectivity index (χ1n) is 7.16. The molecule has 124 valence electrons. The van der Waals surface area contributed by atoms with E-state index in [1.165, 1.54) is 13.0 Å². The van der Waals surface area contributed by atoms with E-state index in [9.17, 15) is 21.6 Å². The smallest absolute Gasteiger partial charge is 0.359 e. The van der Waals surface area contributed by atoms with Crippen LogP contribution in [0.4, 0.5) is 13.2 Å². The fraction of sp³-hybridized carbons (Fsp3) is 0.600. The molecule has 0 spiro atoms. The standard InChI is InChI=1S/C15H19F3O3S/c1-3-11-7-8-21-14(2,10-11)22(19,20)13-6-4-5-12(9-13)15(16,17)18/h4-6,9,11H,3,7-8,10H2,1-2H3. The predicted octanol–water partition coefficient (Wildman–Crippen LogP) is 4.03. The average Bonchev–Trinajstić information content (AvgIpc) is 2.46. The molecule has 0 saturated carbocycles. The summed E-state index contributed by atoms with van der Waals surface area (Å²) in [6, 6.07) is 3.84. The molecule has 0 aromatic heterocycles. The molecule has 3 nitrogen and oxygen atoms in total. The van der Waals surface area contributed by atoms with Gasteiger partial charge in [0.25, 0.3) is 0 Å². The maximum absolute atomic E-state index is 12.8. The lowest BCUT2D eigenvalue weighted by Crippen LogP contribution is -2.44. The first-order valence-corrected chi connectivity index (χ1v) is 8.64. The highest BCUT2D eigenvalue weighted by Gasteiger charge is 2.45. The molecule has 0 radical (unpaired) electrons. The van der Waals surface area contributed by atoms with Crippen LogP contribution in [0.25, 0.3) is 0 Å². The van der Waals surface area contributed by atoms with E-state index in [1.807, 2.05) is 6.92 Å². The lowest BCUT2D eigenvalue weighted by molar-refractivity contribution is -0.137. The van der Waals surface area contributed by atoms with E-state index in [4.69, 9.17) is 4.74 Å². The van der Waals surface area contributed by atoms with Gasteiger partial charge in [0.15, 0.2) is 4.93 Å². The van der Waals surface area contributed by atoms with Gasteiger partial charge in [0, 0.05) is 6.61 Å². The molecule has 1 saturated heterocycles. The van der Waals surface area contributed by atoms with E-state index in [0.717, 1.165) is 25.0 Å². The SMILES string of the molecule is CCC1CCOC(C)(S(=O)(=O)c2cccc(C(F)(F)F)c2)C1. The van der Waals surface area contributed by atoms with Crippen LogP contribution in [-0.4, -0.2) is 20.0 Å². The summed E-state index contributed by atoms with van der Waals surface area (Å²) >= 11 is 0. The van der Waals surface area contributed by atoms with E-state index < -0.39 is 26.5 Å². The summed E-state index contributed by atoms with van der Waals surface area (Å²) in [5, 5.41) is 0. The molecule has 1 aliphatic heterocycles. The zero-order chi connectivity index (χ0) is 16.6. The van der Waals surface area contributed by atoms with Gasteiger partial charge in [-0.15, -0.1) is 0 Å². The Kier molecular flexibility index (Phi) is 4.59. The van der Waals surface area contributed by atoms with Crippen LogP contribution >= 0.6 is 0 Å². The lowest BCUT2D eigenvalue weighted by Gasteiger charge is -2.37. The minimum atomic E-state index is -4.58. The Morgan fingerprint density at radius 2 is 2.05 bits per heavy atom. The van der Waals surface area contributed by atoms with Crippen molar-refractivity contribution >= 4 is 9.84 Å². The van der Waals surface area contributed by atoms with Gasteiger partial charge >= 0.3 is 6.18 Å². The molecule has 1 aliphatic rings. The van der Waals surface area contributed by atoms with E-state index in [0.29, 0.717) is 19.1 Å². The van der Waals surface area contributed by atoms with Gasteiger partial charge in [0.1, 0.15) is 0 Å². The van der Waals surface area contributed by atoms with Crippen molar-refractivity contribution in [2.75, 3.05) is 6.61 Å². The normalized spacial score (nSPS) is 26.9. The fourth-order valence-corrected chi connectivity index (χ4v) is 4.48. The van der Waals surface area contributed by atoms with Gasteiger partial charge in [0.2, 0.25) is 9.84 Å². The third-order valence-electron chi connectivity index (χ3n) is 4.21. The highest BCUT2D eigenvalue weighted by molar-refractivity contribution is 7.92. The Morgan fingerprint density at radius 1 is 1.36 bits per heavy atom. The zero-order valence-electron chi connectivity index (χ0n) is 12.5. The van der Waals surface area contributed by atoms with Gasteiger partial charge in [-0.25, -0.2) is 8.42 Å². The Labute approximate surface area is 128 Å². The monoisotopic (exact) mass is 336 g/mol. The summed E-state index contributed by atoms with van der Waals surface area (Å²) in [6.45, 7) is 3.71. The molecule has 1 aromatic rings. The minimum Gasteiger partial charge on any atom is -0.359 e. The Bertz CT molecular complexity index is 640. The highest BCUT2D eigenvalue weighted by atomic mass is 32.2. The van der Waals surface area contributed by atoms with Crippen LogP contribution in [-0.2, 0) is 20.8 Å². The molecule has 7 heteroatoms. The largest absolute Gasteiger partial charge is 0.416 e. The van der Waals surface area contributed by atoms with E-state index in [1.54, 1.807) is 0 Å². The van der Waals surface area contributed by atoms with Gasteiger partial charge in [0.05, 0.1) is 10.5 Å². The molecular weight excluding hydrogens is 317 g/mol. The number of hydrogen-bond acceptors (Lipinski definition) is 3. The van der Waals surface area contributed by atoms with Crippen molar-refractivity contribution < 1.29 is 26.3 Å². The maximum atomic E-state index is 12.8. The molecule has 2 unspecified atom stereocenters. The van der Waals surface area contributed by atoms with E-state index in [-0.39, 0.29) is 10.8 Å². The van der Waals surface area contributed by atoms with Crippen LogP contribution in [0.3, 0.4) is 0 Å². The molecule has 1 fully saturated rings. The number of hydrogen-bond donors (Lipinski definition) is 0. The highest BCUT2D eigenvalue weighted by Crippen LogP contribution is 2.39. The van der Waals surface area contributed by atoms with Gasteiger partial charge in [-0.2, -0.15) is 13.2 Å². The van der Waals surface area contributed by atoms with Crippen LogP contribution < -0.4 is 0 Å². The van der Waals surface area contributed by atoms with Gasteiger partial charge in [-0.3, -0.25) is 0 Å². The summed E-state index contributed by atoms with van der Waals surface area (Å²) in [5.74, 6) is 0.194. The average molecular weight is 336 g/mol. The molecule has 1 heterocycles. The number of alkyl halides is 3. The molecule has 22 heavy (non-hydrogen) atoms. The Morgan fingerprint density at radius 3 is 2.64 bits per heavy atom. The number of rotatable bonds is 3. The van der Waals surface area contributed by atoms with Gasteiger partial charge in [-0.1, -0.05) is 19.4 Å². The third-order valence-corrected chi connectivity index (χ3v) is 6.51. The van der Waals surface area contributed by atoms with Gasteiger partial charge < -0.3 is 4.74 Å². The zero-order valence-corrected chi connectivity index (χ0v) is 13.3. The topological polar surface area (TPSA) is 43.4 Å². The molecule has 2 atom stereocenters. The van der Waals surface area contributed by atoms with Gasteiger partial charge in [-0.05, 0) is 43.9 Å². The number of halogens is 3. The lowest BCUT2D eigenvalue weighted by atomic mass is 9.93. The number of ether oxygens (including phenoxy) is 1. The fourth-order valence-electron chi connectivity index (χ4n) is 2.75. The van der Waals surface area contributed by atoms with Crippen molar-refractivity contribution in [3.63, 3.8) is 0 Å². The second-order valence-corrected chi connectivity index (χ2v) is 8.12. The maximum Gasteiger partial charge on any atom is 0.416 e. The van der Waals surface area contributed by atoms with Crippen LogP contribution in [0.2, 0.25) is 0 Å². The first kappa shape index (κ1) is 17.3.